The Morgan fingerprint density at radius 1 is 0.564 bits per heavy atom. The highest BCUT2D eigenvalue weighted by molar-refractivity contribution is 7.47. The fraction of sp³-hybridized carbons (Fsp3) is 0.805. The highest BCUT2D eigenvalue weighted by atomic mass is 31.2. The maximum Gasteiger partial charge on any atom is 0.472 e. The number of unbranched alkanes of at least 4 members (excludes halogenated alkanes) is 15. The molecule has 0 spiro atoms. The molecule has 0 amide bonds. The van der Waals surface area contributed by atoms with Crippen molar-refractivity contribution in [2.75, 3.05) is 13.2 Å². The Bertz CT molecular complexity index is 1110. The molecule has 0 bridgehead atoms. The summed E-state index contributed by atoms with van der Waals surface area (Å²) in [6, 6.07) is 0. The van der Waals surface area contributed by atoms with Gasteiger partial charge in [-0.15, -0.1) is 0 Å². The highest BCUT2D eigenvalue weighted by Gasteiger charge is 2.51. The smallest absolute Gasteiger partial charge is 0.462 e. The predicted octanol–water partition coefficient (Wildman–Crippen LogP) is 7.05. The monoisotopic (exact) mass is 804 g/mol. The summed E-state index contributed by atoms with van der Waals surface area (Å²) in [4.78, 5) is 35.5. The number of phosphoric ester groups is 1. The maximum atomic E-state index is 12.8. The summed E-state index contributed by atoms with van der Waals surface area (Å²) in [6.07, 6.45) is 20.7. The van der Waals surface area contributed by atoms with Gasteiger partial charge >= 0.3 is 19.8 Å². The van der Waals surface area contributed by atoms with Crippen LogP contribution in [0, 0.1) is 0 Å². The molecule has 0 heterocycles. The van der Waals surface area contributed by atoms with Crippen molar-refractivity contribution in [1.82, 2.24) is 0 Å². The van der Waals surface area contributed by atoms with E-state index in [2.05, 4.69) is 50.3 Å². The predicted molar refractivity (Wildman–Crippen MR) is 212 cm³/mol. The minimum atomic E-state index is -5.12. The first kappa shape index (κ1) is 51.1. The largest absolute Gasteiger partial charge is 0.472 e. The number of ether oxygens (including phenoxy) is 2. The second-order valence-electron chi connectivity index (χ2n) is 14.5. The zero-order chi connectivity index (χ0) is 40.7. The first-order valence-electron chi connectivity index (χ1n) is 20.8. The van der Waals surface area contributed by atoms with Gasteiger partial charge in [-0.25, -0.2) is 4.57 Å². The van der Waals surface area contributed by atoms with Crippen LogP contribution in [0.1, 0.15) is 155 Å². The van der Waals surface area contributed by atoms with Gasteiger partial charge in [0.05, 0.1) is 6.61 Å². The first-order chi connectivity index (χ1) is 26.4. The van der Waals surface area contributed by atoms with Crippen molar-refractivity contribution in [3.8, 4) is 0 Å². The van der Waals surface area contributed by atoms with Gasteiger partial charge in [0.1, 0.15) is 43.2 Å². The second-order valence-corrected chi connectivity index (χ2v) is 15.9. The zero-order valence-electron chi connectivity index (χ0n) is 33.5. The number of aliphatic hydroxyl groups is 5. The van der Waals surface area contributed by atoms with E-state index in [0.717, 1.165) is 83.5 Å². The average molecular weight is 805 g/mol. The zero-order valence-corrected chi connectivity index (χ0v) is 34.4. The molecule has 1 aliphatic carbocycles. The molecule has 0 aliphatic heterocycles. The van der Waals surface area contributed by atoms with Crippen LogP contribution in [-0.4, -0.2) is 98.3 Å². The van der Waals surface area contributed by atoms with Crippen molar-refractivity contribution in [2.24, 2.45) is 0 Å². The molecular formula is C41H73O13P. The van der Waals surface area contributed by atoms with E-state index in [1.165, 1.54) is 32.1 Å². The summed E-state index contributed by atoms with van der Waals surface area (Å²) in [5, 5.41) is 50.0. The number of hydrogen-bond acceptors (Lipinski definition) is 12. The number of phosphoric acid groups is 1. The van der Waals surface area contributed by atoms with Crippen molar-refractivity contribution in [3.63, 3.8) is 0 Å². The van der Waals surface area contributed by atoms with E-state index < -0.39 is 75.7 Å². The van der Waals surface area contributed by atoms with Gasteiger partial charge in [0.2, 0.25) is 0 Å². The van der Waals surface area contributed by atoms with E-state index in [9.17, 15) is 44.6 Å². The van der Waals surface area contributed by atoms with Crippen molar-refractivity contribution in [2.45, 2.75) is 198 Å². The van der Waals surface area contributed by atoms with E-state index in [1.54, 1.807) is 0 Å². The Morgan fingerprint density at radius 2 is 1.00 bits per heavy atom. The lowest BCUT2D eigenvalue weighted by atomic mass is 9.85. The standard InChI is InChI=1S/C41H73O13P/c1-3-5-7-9-11-13-15-16-17-18-20-22-24-26-28-30-35(43)53-33(31-51-34(42)29-27-25-23-21-19-14-12-10-8-6-4-2)32-52-55(49,50)54-41-39(47)37(45)36(44)38(46)40(41)48/h10-13,16-17,33,36-41,44-48H,3-9,14-15,18-32H2,1-2H3,(H,49,50)/b12-10-,13-11-,17-16-/t33-,36?,37-,38?,39?,40?,41?/m1/s1. The van der Waals surface area contributed by atoms with Gasteiger partial charge in [0.15, 0.2) is 6.10 Å². The molecule has 1 aliphatic rings. The summed E-state index contributed by atoms with van der Waals surface area (Å²) in [5.41, 5.74) is 0. The molecule has 13 nitrogen and oxygen atoms in total. The van der Waals surface area contributed by atoms with Gasteiger partial charge in [-0.3, -0.25) is 18.6 Å². The molecule has 6 N–H and O–H groups in total. The van der Waals surface area contributed by atoms with Crippen molar-refractivity contribution >= 4 is 19.8 Å². The van der Waals surface area contributed by atoms with Gasteiger partial charge < -0.3 is 39.9 Å². The first-order valence-corrected chi connectivity index (χ1v) is 22.3. The topological polar surface area (TPSA) is 210 Å². The number of carbonyl (C=O) groups is 2. The van der Waals surface area contributed by atoms with E-state index in [1.807, 2.05) is 0 Å². The molecule has 320 valence electrons. The third-order valence-electron chi connectivity index (χ3n) is 9.45. The normalized spacial score (nSPS) is 23.4. The molecule has 0 aromatic carbocycles. The summed E-state index contributed by atoms with van der Waals surface area (Å²) in [5.74, 6) is -1.13. The van der Waals surface area contributed by atoms with Gasteiger partial charge in [0.25, 0.3) is 0 Å². The summed E-state index contributed by atoms with van der Waals surface area (Å²) in [7, 11) is -5.12. The van der Waals surface area contributed by atoms with Crippen LogP contribution in [0.3, 0.4) is 0 Å². The molecule has 8 atom stereocenters. The summed E-state index contributed by atoms with van der Waals surface area (Å²) < 4.78 is 33.4. The van der Waals surface area contributed by atoms with Crippen LogP contribution in [0.25, 0.3) is 0 Å². The molecular weight excluding hydrogens is 731 g/mol. The van der Waals surface area contributed by atoms with Crippen LogP contribution in [0.5, 0.6) is 0 Å². The van der Waals surface area contributed by atoms with Gasteiger partial charge in [-0.05, 0) is 64.2 Å². The van der Waals surface area contributed by atoms with Crippen molar-refractivity contribution in [3.05, 3.63) is 36.5 Å². The van der Waals surface area contributed by atoms with Gasteiger partial charge in [-0.1, -0.05) is 115 Å². The molecule has 0 radical (unpaired) electrons. The van der Waals surface area contributed by atoms with Gasteiger partial charge in [0, 0.05) is 12.8 Å². The molecule has 1 fully saturated rings. The van der Waals surface area contributed by atoms with Gasteiger partial charge in [-0.2, -0.15) is 0 Å². The summed E-state index contributed by atoms with van der Waals surface area (Å²) >= 11 is 0. The molecule has 0 aromatic heterocycles. The lowest BCUT2D eigenvalue weighted by Crippen LogP contribution is -2.64. The molecule has 0 aromatic rings. The quantitative estimate of drug-likeness (QED) is 0.0170. The Labute approximate surface area is 329 Å². The third kappa shape index (κ3) is 25.1. The van der Waals surface area contributed by atoms with Crippen LogP contribution in [-0.2, 0) is 32.7 Å². The number of allylic oxidation sites excluding steroid dienone is 6. The van der Waals surface area contributed by atoms with Crippen molar-refractivity contribution in [1.29, 1.82) is 0 Å². The molecule has 55 heavy (non-hydrogen) atoms. The number of carbonyl (C=O) groups excluding carboxylic acids is 2. The molecule has 0 saturated heterocycles. The maximum absolute atomic E-state index is 12.8. The Hall–Kier alpha value is -1.93. The van der Waals surface area contributed by atoms with E-state index in [0.29, 0.717) is 12.8 Å². The van der Waals surface area contributed by atoms with Crippen LogP contribution in [0.4, 0.5) is 0 Å². The van der Waals surface area contributed by atoms with Crippen LogP contribution < -0.4 is 0 Å². The second kappa shape index (κ2) is 32.1. The molecule has 6 unspecified atom stereocenters. The van der Waals surface area contributed by atoms with Crippen LogP contribution in [0.2, 0.25) is 0 Å². The number of esters is 2. The molecule has 14 heteroatoms. The van der Waals surface area contributed by atoms with Crippen LogP contribution >= 0.6 is 7.82 Å². The lowest BCUT2D eigenvalue weighted by molar-refractivity contribution is -0.220. The average Bonchev–Trinajstić information content (AvgIpc) is 3.16. The highest BCUT2D eigenvalue weighted by Crippen LogP contribution is 2.47. The fourth-order valence-corrected chi connectivity index (χ4v) is 6.97. The minimum Gasteiger partial charge on any atom is -0.462 e. The Kier molecular flexibility index (Phi) is 29.8. The van der Waals surface area contributed by atoms with Crippen LogP contribution in [0.15, 0.2) is 36.5 Å². The Balaban J connectivity index is 2.53. The van der Waals surface area contributed by atoms with Crippen molar-refractivity contribution < 1.29 is 63.1 Å². The van der Waals surface area contributed by atoms with E-state index in [4.69, 9.17) is 18.5 Å². The number of hydrogen-bond donors (Lipinski definition) is 6. The molecule has 1 saturated carbocycles. The summed E-state index contributed by atoms with van der Waals surface area (Å²) in [6.45, 7) is 3.18. The fourth-order valence-electron chi connectivity index (χ4n) is 6.00. The SMILES string of the molecule is CCCC/C=C\CCCCCCCC(=O)OC[C@H](COP(=O)(O)OC1C(O)C(O)C(O)[C@@H](O)C1O)OC(=O)CCCCCCC/C=C\C/C=C\CCCCC. The molecule has 1 rings (SSSR count). The minimum absolute atomic E-state index is 0.0787. The lowest BCUT2D eigenvalue weighted by Gasteiger charge is -2.41. The number of rotatable bonds is 33. The number of aliphatic hydroxyl groups excluding tert-OH is 5. The Morgan fingerprint density at radius 3 is 1.55 bits per heavy atom. The van der Waals surface area contributed by atoms with E-state index >= 15 is 0 Å². The third-order valence-corrected chi connectivity index (χ3v) is 10.4. The van der Waals surface area contributed by atoms with E-state index in [-0.39, 0.29) is 12.8 Å².